The predicted octanol–water partition coefficient (Wildman–Crippen LogP) is 5.05. The Morgan fingerprint density at radius 1 is 1.04 bits per heavy atom. The van der Waals surface area contributed by atoms with Gasteiger partial charge in [-0.3, -0.25) is 0 Å². The van der Waals surface area contributed by atoms with Crippen molar-refractivity contribution in [2.75, 3.05) is 18.0 Å². The van der Waals surface area contributed by atoms with E-state index in [2.05, 4.69) is 42.8 Å². The molecule has 1 heterocycles. The summed E-state index contributed by atoms with van der Waals surface area (Å²) in [6, 6.07) is 6.06. The van der Waals surface area contributed by atoms with Crippen LogP contribution in [0.25, 0.3) is 0 Å². The van der Waals surface area contributed by atoms with Crippen molar-refractivity contribution < 1.29 is 9.84 Å². The molecular weight excluding hydrogens is 300 g/mol. The van der Waals surface area contributed by atoms with Crippen LogP contribution in [0, 0.1) is 27.7 Å². The van der Waals surface area contributed by atoms with E-state index in [1.54, 1.807) is 0 Å². The third-order valence-corrected chi connectivity index (χ3v) is 4.09. The third-order valence-electron chi connectivity index (χ3n) is 4.09. The number of aromatic nitrogens is 1. The van der Waals surface area contributed by atoms with Gasteiger partial charge in [0.15, 0.2) is 0 Å². The van der Waals surface area contributed by atoms with Crippen LogP contribution in [0.3, 0.4) is 0 Å². The van der Waals surface area contributed by atoms with Crippen LogP contribution in [-0.4, -0.2) is 23.2 Å². The normalized spacial score (nSPS) is 10.8. The summed E-state index contributed by atoms with van der Waals surface area (Å²) in [6.07, 6.45) is 1.01. The van der Waals surface area contributed by atoms with Gasteiger partial charge in [-0.1, -0.05) is 24.6 Å². The molecule has 0 atom stereocenters. The predicted molar refractivity (Wildman–Crippen MR) is 99.5 cm³/mol. The van der Waals surface area contributed by atoms with Crippen molar-refractivity contribution in [3.63, 3.8) is 0 Å². The zero-order valence-electron chi connectivity index (χ0n) is 15.6. The molecule has 24 heavy (non-hydrogen) atoms. The zero-order valence-corrected chi connectivity index (χ0v) is 15.6. The number of aromatic hydroxyl groups is 1. The van der Waals surface area contributed by atoms with E-state index in [1.807, 2.05) is 26.8 Å². The minimum absolute atomic E-state index is 0.107. The fourth-order valence-corrected chi connectivity index (χ4v) is 3.08. The van der Waals surface area contributed by atoms with Crippen LogP contribution in [0.4, 0.5) is 5.69 Å². The van der Waals surface area contributed by atoms with Crippen LogP contribution >= 0.6 is 0 Å². The Hall–Kier alpha value is -2.23. The lowest BCUT2D eigenvalue weighted by atomic mass is 10.1. The van der Waals surface area contributed by atoms with Gasteiger partial charge in [0.1, 0.15) is 5.75 Å². The maximum atomic E-state index is 10.7. The molecule has 4 heteroatoms. The number of anilines is 1. The topological polar surface area (TPSA) is 45.6 Å². The fraction of sp³-hybridized carbons (Fsp3) is 0.450. The number of benzene rings is 1. The zero-order chi connectivity index (χ0) is 17.9. The van der Waals surface area contributed by atoms with Gasteiger partial charge in [-0.05, 0) is 58.2 Å². The average Bonchev–Trinajstić information content (AvgIpc) is 2.51. The number of hydrogen-bond donors (Lipinski definition) is 1. The van der Waals surface area contributed by atoms with E-state index in [1.165, 1.54) is 5.56 Å². The highest BCUT2D eigenvalue weighted by Crippen LogP contribution is 2.39. The highest BCUT2D eigenvalue weighted by Gasteiger charge is 2.18. The molecule has 0 amide bonds. The number of aryl methyl sites for hydroxylation is 4. The van der Waals surface area contributed by atoms with Gasteiger partial charge in [0.2, 0.25) is 5.75 Å². The second kappa shape index (κ2) is 7.56. The fourth-order valence-electron chi connectivity index (χ4n) is 3.08. The van der Waals surface area contributed by atoms with Crippen molar-refractivity contribution in [2.24, 2.45) is 0 Å². The second-order valence-electron chi connectivity index (χ2n) is 6.35. The number of hydrogen-bond acceptors (Lipinski definition) is 4. The standard InChI is InChI=1S/C20H28N2O2/c1-7-9-22(8-2)17-12-16(6)21-20(18(17)23)24-19-14(4)10-13(3)11-15(19)5/h10-12,23H,7-9H2,1-6H3. The highest BCUT2D eigenvalue weighted by molar-refractivity contribution is 5.63. The van der Waals surface area contributed by atoms with E-state index in [9.17, 15) is 5.11 Å². The van der Waals surface area contributed by atoms with E-state index in [0.29, 0.717) is 0 Å². The summed E-state index contributed by atoms with van der Waals surface area (Å²) in [4.78, 5) is 6.56. The molecule has 0 unspecified atom stereocenters. The molecule has 1 aromatic carbocycles. The van der Waals surface area contributed by atoms with Gasteiger partial charge in [0.25, 0.3) is 5.88 Å². The van der Waals surface area contributed by atoms with Gasteiger partial charge in [0.05, 0.1) is 5.69 Å². The lowest BCUT2D eigenvalue weighted by Crippen LogP contribution is -2.23. The first kappa shape index (κ1) is 18.1. The molecule has 2 aromatic rings. The molecular formula is C20H28N2O2. The van der Waals surface area contributed by atoms with Gasteiger partial charge in [0, 0.05) is 18.8 Å². The summed E-state index contributed by atoms with van der Waals surface area (Å²) in [7, 11) is 0. The van der Waals surface area contributed by atoms with Crippen molar-refractivity contribution in [3.05, 3.63) is 40.6 Å². The van der Waals surface area contributed by atoms with E-state index in [-0.39, 0.29) is 11.6 Å². The smallest absolute Gasteiger partial charge is 0.264 e. The molecule has 4 nitrogen and oxygen atoms in total. The highest BCUT2D eigenvalue weighted by atomic mass is 16.5. The molecule has 0 aliphatic rings. The minimum atomic E-state index is 0.107. The Morgan fingerprint density at radius 2 is 1.67 bits per heavy atom. The maximum Gasteiger partial charge on any atom is 0.264 e. The first-order valence-corrected chi connectivity index (χ1v) is 8.58. The van der Waals surface area contributed by atoms with E-state index in [4.69, 9.17) is 4.74 Å². The summed E-state index contributed by atoms with van der Waals surface area (Å²) in [5.74, 6) is 1.14. The Balaban J connectivity index is 2.47. The third kappa shape index (κ3) is 3.81. The lowest BCUT2D eigenvalue weighted by Gasteiger charge is -2.24. The monoisotopic (exact) mass is 328 g/mol. The molecule has 0 spiro atoms. The number of rotatable bonds is 6. The first-order valence-electron chi connectivity index (χ1n) is 8.58. The van der Waals surface area contributed by atoms with Gasteiger partial charge >= 0.3 is 0 Å². The number of ether oxygens (including phenoxy) is 1. The van der Waals surface area contributed by atoms with Crippen LogP contribution in [-0.2, 0) is 0 Å². The van der Waals surface area contributed by atoms with Crippen molar-refractivity contribution in [1.82, 2.24) is 4.98 Å². The second-order valence-corrected chi connectivity index (χ2v) is 6.35. The molecule has 0 aliphatic heterocycles. The Bertz CT molecular complexity index is 703. The van der Waals surface area contributed by atoms with Gasteiger partial charge in [-0.2, -0.15) is 0 Å². The summed E-state index contributed by atoms with van der Waals surface area (Å²) >= 11 is 0. The van der Waals surface area contributed by atoms with Gasteiger partial charge in [-0.25, -0.2) is 4.98 Å². The molecule has 0 saturated heterocycles. The number of nitrogens with zero attached hydrogens (tertiary/aromatic N) is 2. The number of pyridine rings is 1. The summed E-state index contributed by atoms with van der Waals surface area (Å²) in [5.41, 5.74) is 4.88. The van der Waals surface area contributed by atoms with E-state index >= 15 is 0 Å². The average molecular weight is 328 g/mol. The molecule has 0 bridgehead atoms. The van der Waals surface area contributed by atoms with Crippen LogP contribution < -0.4 is 9.64 Å². The molecule has 0 radical (unpaired) electrons. The summed E-state index contributed by atoms with van der Waals surface area (Å²) in [5, 5.41) is 10.7. The molecule has 0 aliphatic carbocycles. The van der Waals surface area contributed by atoms with E-state index in [0.717, 1.165) is 47.8 Å². The van der Waals surface area contributed by atoms with Crippen LogP contribution in [0.15, 0.2) is 18.2 Å². The van der Waals surface area contributed by atoms with Crippen LogP contribution in [0.2, 0.25) is 0 Å². The maximum absolute atomic E-state index is 10.7. The molecule has 130 valence electrons. The van der Waals surface area contributed by atoms with Crippen LogP contribution in [0.1, 0.15) is 42.7 Å². The Labute approximate surface area is 145 Å². The minimum Gasteiger partial charge on any atom is -0.502 e. The van der Waals surface area contributed by atoms with Crippen molar-refractivity contribution in [2.45, 2.75) is 48.0 Å². The molecule has 0 fully saturated rings. The van der Waals surface area contributed by atoms with Crippen molar-refractivity contribution in [1.29, 1.82) is 0 Å². The first-order chi connectivity index (χ1) is 11.4. The molecule has 1 aromatic heterocycles. The largest absolute Gasteiger partial charge is 0.502 e. The summed E-state index contributed by atoms with van der Waals surface area (Å²) in [6.45, 7) is 13.9. The SMILES string of the molecule is CCCN(CC)c1cc(C)nc(Oc2c(C)cc(C)cc2C)c1O. The molecule has 0 saturated carbocycles. The Kier molecular flexibility index (Phi) is 5.71. The lowest BCUT2D eigenvalue weighted by molar-refractivity contribution is 0.393. The quantitative estimate of drug-likeness (QED) is 0.806. The molecule has 1 N–H and O–H groups in total. The van der Waals surface area contributed by atoms with Gasteiger partial charge < -0.3 is 14.7 Å². The van der Waals surface area contributed by atoms with Crippen molar-refractivity contribution in [3.8, 4) is 17.4 Å². The Morgan fingerprint density at radius 3 is 2.21 bits per heavy atom. The van der Waals surface area contributed by atoms with E-state index < -0.39 is 0 Å². The van der Waals surface area contributed by atoms with Crippen molar-refractivity contribution >= 4 is 5.69 Å². The van der Waals surface area contributed by atoms with Gasteiger partial charge in [-0.15, -0.1) is 0 Å². The summed E-state index contributed by atoms with van der Waals surface area (Å²) < 4.78 is 6.03. The molecule has 2 rings (SSSR count). The van der Waals surface area contributed by atoms with Crippen LogP contribution in [0.5, 0.6) is 17.4 Å².